The van der Waals surface area contributed by atoms with Gasteiger partial charge in [-0.3, -0.25) is 4.79 Å². The summed E-state index contributed by atoms with van der Waals surface area (Å²) in [5.74, 6) is -0.829. The van der Waals surface area contributed by atoms with Gasteiger partial charge in [-0.05, 0) is 43.7 Å². The predicted molar refractivity (Wildman–Crippen MR) is 110 cm³/mol. The number of hydrogen-bond acceptors (Lipinski definition) is 3. The molecule has 2 rings (SSSR count). The van der Waals surface area contributed by atoms with E-state index in [9.17, 15) is 19.8 Å². The van der Waals surface area contributed by atoms with Crippen LogP contribution in [0.3, 0.4) is 0 Å². The van der Waals surface area contributed by atoms with Crippen LogP contribution in [0.1, 0.15) is 74.7 Å². The van der Waals surface area contributed by atoms with E-state index in [4.69, 9.17) is 0 Å². The van der Waals surface area contributed by atoms with Crippen LogP contribution in [0.4, 0.5) is 0 Å². The molecular weight excluding hydrogens is 354 g/mol. The molecule has 2 N–H and O–H groups in total. The maximum absolute atomic E-state index is 12.3. The number of amides is 1. The monoisotopic (exact) mass is 387 g/mol. The van der Waals surface area contributed by atoms with E-state index in [0.29, 0.717) is 31.4 Å². The van der Waals surface area contributed by atoms with Crippen LogP contribution in [0.15, 0.2) is 36.4 Å². The first-order valence-electron chi connectivity index (χ1n) is 10.4. The lowest BCUT2D eigenvalue weighted by Gasteiger charge is -2.26. The van der Waals surface area contributed by atoms with Crippen molar-refractivity contribution in [2.24, 2.45) is 0 Å². The molecule has 1 aromatic carbocycles. The van der Waals surface area contributed by atoms with Crippen molar-refractivity contribution in [3.05, 3.63) is 47.5 Å². The zero-order valence-electron chi connectivity index (χ0n) is 17.1. The van der Waals surface area contributed by atoms with Gasteiger partial charge in [0, 0.05) is 13.0 Å². The minimum absolute atomic E-state index is 0.0248. The Bertz CT molecular complexity index is 700. The van der Waals surface area contributed by atoms with Crippen LogP contribution in [0.25, 0.3) is 0 Å². The smallest absolute Gasteiger partial charge is 0.335 e. The average Bonchev–Trinajstić information content (AvgIpc) is 3.04. The number of carboxylic acid groups (broad SMARTS) is 1. The van der Waals surface area contributed by atoms with E-state index in [0.717, 1.165) is 37.7 Å². The van der Waals surface area contributed by atoms with Gasteiger partial charge in [0.1, 0.15) is 0 Å². The average molecular weight is 388 g/mol. The van der Waals surface area contributed by atoms with Crippen LogP contribution < -0.4 is 0 Å². The van der Waals surface area contributed by atoms with E-state index in [-0.39, 0.29) is 11.9 Å². The van der Waals surface area contributed by atoms with Gasteiger partial charge >= 0.3 is 5.97 Å². The third kappa shape index (κ3) is 5.93. The molecule has 0 unspecified atom stereocenters. The van der Waals surface area contributed by atoms with Crippen LogP contribution in [-0.4, -0.2) is 45.2 Å². The van der Waals surface area contributed by atoms with Crippen LogP contribution in [0, 0.1) is 0 Å². The van der Waals surface area contributed by atoms with Crippen LogP contribution in [0.5, 0.6) is 0 Å². The molecule has 5 heteroatoms. The molecule has 1 amide bonds. The number of aromatic carboxylic acids is 1. The molecule has 0 bridgehead atoms. The molecule has 2 atom stereocenters. The van der Waals surface area contributed by atoms with Gasteiger partial charge in [0.25, 0.3) is 0 Å². The summed E-state index contributed by atoms with van der Waals surface area (Å²) in [6.07, 6.45) is 10.1. The van der Waals surface area contributed by atoms with Crippen LogP contribution >= 0.6 is 0 Å². The molecule has 1 aliphatic rings. The van der Waals surface area contributed by atoms with E-state index in [2.05, 4.69) is 6.92 Å². The first kappa shape index (κ1) is 22.2. The molecule has 154 valence electrons. The number of benzene rings is 1. The highest BCUT2D eigenvalue weighted by atomic mass is 16.4. The molecule has 0 aliphatic carbocycles. The number of carboxylic acids is 1. The molecule has 0 spiro atoms. The summed E-state index contributed by atoms with van der Waals surface area (Å²) in [5, 5.41) is 20.0. The van der Waals surface area contributed by atoms with Crippen molar-refractivity contribution in [1.29, 1.82) is 0 Å². The van der Waals surface area contributed by atoms with Crippen molar-refractivity contribution in [3.63, 3.8) is 0 Å². The Kier molecular flexibility index (Phi) is 8.24. The summed E-state index contributed by atoms with van der Waals surface area (Å²) < 4.78 is 0. The van der Waals surface area contributed by atoms with Crippen LogP contribution in [-0.2, 0) is 11.2 Å². The zero-order chi connectivity index (χ0) is 20.6. The summed E-state index contributed by atoms with van der Waals surface area (Å²) in [7, 11) is 0. The Balaban J connectivity index is 1.98. The summed E-state index contributed by atoms with van der Waals surface area (Å²) in [5.41, 5.74) is 0.378. The third-order valence-corrected chi connectivity index (χ3v) is 5.75. The third-order valence-electron chi connectivity index (χ3n) is 5.75. The van der Waals surface area contributed by atoms with E-state index in [1.165, 1.54) is 0 Å². The van der Waals surface area contributed by atoms with Gasteiger partial charge in [-0.1, -0.05) is 57.0 Å². The van der Waals surface area contributed by atoms with Crippen molar-refractivity contribution in [2.45, 2.75) is 76.9 Å². The largest absolute Gasteiger partial charge is 0.478 e. The Morgan fingerprint density at radius 2 is 2.07 bits per heavy atom. The van der Waals surface area contributed by atoms with Crippen molar-refractivity contribution in [2.75, 3.05) is 6.54 Å². The van der Waals surface area contributed by atoms with Crippen molar-refractivity contribution in [1.82, 2.24) is 4.90 Å². The molecule has 5 nitrogen and oxygen atoms in total. The van der Waals surface area contributed by atoms with Gasteiger partial charge in [0.05, 0.1) is 17.2 Å². The Labute approximate surface area is 168 Å². The van der Waals surface area contributed by atoms with Gasteiger partial charge < -0.3 is 15.1 Å². The summed E-state index contributed by atoms with van der Waals surface area (Å²) in [4.78, 5) is 25.5. The molecule has 0 saturated carbocycles. The number of carbonyl (C=O) groups excluding carboxylic acids is 1. The molecule has 1 heterocycles. The highest BCUT2D eigenvalue weighted by Crippen LogP contribution is 2.25. The van der Waals surface area contributed by atoms with Crippen molar-refractivity contribution < 1.29 is 19.8 Å². The van der Waals surface area contributed by atoms with Gasteiger partial charge in [-0.25, -0.2) is 4.79 Å². The lowest BCUT2D eigenvalue weighted by Crippen LogP contribution is -2.34. The Hall–Kier alpha value is -2.14. The Morgan fingerprint density at radius 3 is 2.75 bits per heavy atom. The molecular formula is C23H33NO4. The van der Waals surface area contributed by atoms with Crippen molar-refractivity contribution >= 4 is 11.9 Å². The van der Waals surface area contributed by atoms with E-state index in [1.807, 2.05) is 36.1 Å². The summed E-state index contributed by atoms with van der Waals surface area (Å²) in [6.45, 7) is 4.64. The van der Waals surface area contributed by atoms with Crippen molar-refractivity contribution in [3.8, 4) is 0 Å². The molecule has 1 fully saturated rings. The number of aliphatic hydroxyl groups is 1. The molecule has 1 aliphatic heterocycles. The number of hydrogen-bond donors (Lipinski definition) is 2. The van der Waals surface area contributed by atoms with Crippen LogP contribution in [0.2, 0.25) is 0 Å². The summed E-state index contributed by atoms with van der Waals surface area (Å²) in [6, 6.07) is 6.98. The first-order valence-corrected chi connectivity index (χ1v) is 10.4. The van der Waals surface area contributed by atoms with E-state index < -0.39 is 11.6 Å². The van der Waals surface area contributed by atoms with Gasteiger partial charge in [-0.15, -0.1) is 0 Å². The summed E-state index contributed by atoms with van der Waals surface area (Å²) >= 11 is 0. The number of rotatable bonds is 11. The zero-order valence-corrected chi connectivity index (χ0v) is 17.1. The number of likely N-dealkylation sites (tertiary alicyclic amines) is 1. The van der Waals surface area contributed by atoms with E-state index in [1.54, 1.807) is 12.1 Å². The topological polar surface area (TPSA) is 77.8 Å². The Morgan fingerprint density at radius 1 is 1.32 bits per heavy atom. The fourth-order valence-corrected chi connectivity index (χ4v) is 3.81. The fraction of sp³-hybridized carbons (Fsp3) is 0.565. The first-order chi connectivity index (χ1) is 13.4. The SMILES string of the molecule is CCCC[C@@](O)(CC)CC=C[C@@H]1CCC(=O)N1CCc1ccccc1C(=O)O. The quantitative estimate of drug-likeness (QED) is 0.558. The molecule has 1 saturated heterocycles. The maximum Gasteiger partial charge on any atom is 0.335 e. The fourth-order valence-electron chi connectivity index (χ4n) is 3.81. The molecule has 0 radical (unpaired) electrons. The molecule has 1 aromatic rings. The highest BCUT2D eigenvalue weighted by molar-refractivity contribution is 5.89. The second-order valence-electron chi connectivity index (χ2n) is 7.72. The lowest BCUT2D eigenvalue weighted by molar-refractivity contribution is -0.128. The van der Waals surface area contributed by atoms with Gasteiger partial charge in [0.15, 0.2) is 0 Å². The van der Waals surface area contributed by atoms with E-state index >= 15 is 0 Å². The predicted octanol–water partition coefficient (Wildman–Crippen LogP) is 4.20. The van der Waals surface area contributed by atoms with Gasteiger partial charge in [-0.2, -0.15) is 0 Å². The second-order valence-corrected chi connectivity index (χ2v) is 7.72. The number of nitrogens with zero attached hydrogens (tertiary/aromatic N) is 1. The minimum Gasteiger partial charge on any atom is -0.478 e. The highest BCUT2D eigenvalue weighted by Gasteiger charge is 2.29. The molecule has 28 heavy (non-hydrogen) atoms. The minimum atomic E-state index is -0.939. The maximum atomic E-state index is 12.3. The molecule has 0 aromatic heterocycles. The normalized spacial score (nSPS) is 19.3. The second kappa shape index (κ2) is 10.4. The van der Waals surface area contributed by atoms with Gasteiger partial charge in [0.2, 0.25) is 5.91 Å². The lowest BCUT2D eigenvalue weighted by atomic mass is 9.90. The number of unbranched alkanes of at least 4 members (excludes halogenated alkanes) is 1. The standard InChI is InChI=1S/C23H33NO4/c1-3-5-15-23(28,4-2)16-8-10-19-12-13-21(25)24(19)17-14-18-9-6-7-11-20(18)22(26)27/h6-11,19,28H,3-5,12-17H2,1-2H3,(H,26,27)/t19-,23+/m1/s1. The number of carbonyl (C=O) groups is 2.